The Labute approximate surface area is 200 Å². The molecule has 3 heterocycles. The number of furan rings is 1. The van der Waals surface area contributed by atoms with E-state index in [2.05, 4.69) is 31.2 Å². The van der Waals surface area contributed by atoms with E-state index in [0.717, 1.165) is 15.3 Å². The van der Waals surface area contributed by atoms with E-state index < -0.39 is 16.3 Å². The molecule has 0 amide bonds. The zero-order valence-electron chi connectivity index (χ0n) is 15.7. The van der Waals surface area contributed by atoms with Crippen molar-refractivity contribution in [3.05, 3.63) is 49.7 Å². The molecule has 30 heavy (non-hydrogen) atoms. The third-order valence-electron chi connectivity index (χ3n) is 5.18. The standard InChI is InChI=1S/C17H9B6BrClN3OS/c18-12-13(19)17(22,23)7(4-16(12,20)21)10-8(24)9-11(30-10)14(28-15(25)27-9)26-5-6-2-1-3-29-6/h1-3,7H,4-5H2,(H,26,27,28). The van der Waals surface area contributed by atoms with Gasteiger partial charge in [-0.15, -0.1) is 22.3 Å². The van der Waals surface area contributed by atoms with E-state index in [0.29, 0.717) is 22.4 Å². The fourth-order valence-corrected chi connectivity index (χ4v) is 5.86. The third-order valence-corrected chi connectivity index (χ3v) is 7.71. The Morgan fingerprint density at radius 3 is 2.63 bits per heavy atom. The van der Waals surface area contributed by atoms with Crippen molar-refractivity contribution < 1.29 is 4.42 Å². The van der Waals surface area contributed by atoms with Crippen molar-refractivity contribution in [2.45, 2.75) is 29.3 Å². The van der Waals surface area contributed by atoms with E-state index in [1.165, 1.54) is 11.3 Å². The molecule has 1 aliphatic carbocycles. The van der Waals surface area contributed by atoms with E-state index in [4.69, 9.17) is 63.1 Å². The highest BCUT2D eigenvalue weighted by molar-refractivity contribution is 9.10. The number of hydrogen-bond donors (Lipinski definition) is 1. The lowest BCUT2D eigenvalue weighted by atomic mass is 9.29. The van der Waals surface area contributed by atoms with E-state index in [9.17, 15) is 0 Å². The summed E-state index contributed by atoms with van der Waals surface area (Å²) in [4.78, 5) is 9.44. The van der Waals surface area contributed by atoms with Gasteiger partial charge >= 0.3 is 0 Å². The number of hydrogen-bond acceptors (Lipinski definition) is 5. The van der Waals surface area contributed by atoms with Crippen LogP contribution in [0.4, 0.5) is 5.82 Å². The molecule has 3 aromatic heterocycles. The normalized spacial score (nSPS) is 20.5. The summed E-state index contributed by atoms with van der Waals surface area (Å²) in [6.07, 6.45) is 1.79. The van der Waals surface area contributed by atoms with Crippen LogP contribution in [0.1, 0.15) is 23.0 Å². The molecule has 12 radical (unpaired) electrons. The van der Waals surface area contributed by atoms with Crippen molar-refractivity contribution in [3.8, 4) is 0 Å². The molecule has 1 unspecified atom stereocenters. The van der Waals surface area contributed by atoms with Crippen molar-refractivity contribution in [2.24, 2.45) is 0 Å². The number of nitrogens with one attached hydrogen (secondary N) is 1. The smallest absolute Gasteiger partial charge is 0.225 e. The van der Waals surface area contributed by atoms with Gasteiger partial charge in [0.1, 0.15) is 32.8 Å². The summed E-state index contributed by atoms with van der Waals surface area (Å²) in [7, 11) is 37.3. The summed E-state index contributed by atoms with van der Waals surface area (Å²) in [6, 6.07) is 3.66. The van der Waals surface area contributed by atoms with Crippen LogP contribution in [0.5, 0.6) is 0 Å². The topological polar surface area (TPSA) is 51.0 Å². The van der Waals surface area contributed by atoms with Gasteiger partial charge in [0.2, 0.25) is 5.28 Å². The Hall–Kier alpha value is -0.980. The maximum Gasteiger partial charge on any atom is 0.225 e. The summed E-state index contributed by atoms with van der Waals surface area (Å²) in [6.45, 7) is 0.419. The van der Waals surface area contributed by atoms with Gasteiger partial charge in [-0.2, -0.15) is 4.98 Å². The first-order chi connectivity index (χ1) is 14.0. The summed E-state index contributed by atoms with van der Waals surface area (Å²) in [5, 5.41) is 0.505. The highest BCUT2D eigenvalue weighted by atomic mass is 79.9. The van der Waals surface area contributed by atoms with Gasteiger partial charge in [0.15, 0.2) is 0 Å². The van der Waals surface area contributed by atoms with Gasteiger partial charge in [0.25, 0.3) is 0 Å². The van der Waals surface area contributed by atoms with E-state index in [-0.39, 0.29) is 22.6 Å². The Morgan fingerprint density at radius 1 is 1.23 bits per heavy atom. The second kappa shape index (κ2) is 7.86. The number of aromatic nitrogens is 2. The first-order valence-electron chi connectivity index (χ1n) is 8.85. The average Bonchev–Trinajstić information content (AvgIpc) is 3.30. The van der Waals surface area contributed by atoms with Crippen LogP contribution in [0.15, 0.2) is 38.2 Å². The molecule has 0 saturated carbocycles. The van der Waals surface area contributed by atoms with Crippen LogP contribution in [0, 0.1) is 0 Å². The summed E-state index contributed by atoms with van der Waals surface area (Å²) >= 11 is 11.2. The lowest BCUT2D eigenvalue weighted by Crippen LogP contribution is -2.37. The molecule has 0 saturated heterocycles. The van der Waals surface area contributed by atoms with Gasteiger partial charge in [-0.3, -0.25) is 0 Å². The first-order valence-corrected chi connectivity index (χ1v) is 10.8. The van der Waals surface area contributed by atoms with Crippen molar-refractivity contribution in [1.29, 1.82) is 0 Å². The largest absolute Gasteiger partial charge is 0.467 e. The second-order valence-electron chi connectivity index (χ2n) is 7.29. The molecule has 0 fully saturated rings. The van der Waals surface area contributed by atoms with Crippen LogP contribution in [-0.2, 0) is 6.54 Å². The number of fused-ring (bicyclic) bond motifs is 1. The molecule has 4 nitrogen and oxygen atoms in total. The van der Waals surface area contributed by atoms with E-state index in [1.54, 1.807) is 12.3 Å². The Bertz CT molecular complexity index is 1150. The van der Waals surface area contributed by atoms with Gasteiger partial charge in [-0.25, -0.2) is 4.98 Å². The zero-order chi connectivity index (χ0) is 21.8. The predicted molar refractivity (Wildman–Crippen MR) is 130 cm³/mol. The van der Waals surface area contributed by atoms with Crippen molar-refractivity contribution in [3.63, 3.8) is 0 Å². The molecular formula is C17H9B6BrClN3OS. The minimum Gasteiger partial charge on any atom is -0.467 e. The van der Waals surface area contributed by atoms with Crippen LogP contribution in [0.25, 0.3) is 10.2 Å². The van der Waals surface area contributed by atoms with Crippen LogP contribution in [-0.4, -0.2) is 57.0 Å². The third kappa shape index (κ3) is 3.73. The Balaban J connectivity index is 1.81. The van der Waals surface area contributed by atoms with Crippen LogP contribution >= 0.6 is 38.9 Å². The highest BCUT2D eigenvalue weighted by Crippen LogP contribution is 2.59. The minimum atomic E-state index is -1.45. The minimum absolute atomic E-state index is 0.0633. The lowest BCUT2D eigenvalue weighted by Gasteiger charge is -2.50. The molecule has 136 valence electrons. The molecule has 13 heteroatoms. The van der Waals surface area contributed by atoms with Gasteiger partial charge < -0.3 is 9.73 Å². The predicted octanol–water partition coefficient (Wildman–Crippen LogP) is 3.25. The quantitative estimate of drug-likeness (QED) is 0.457. The van der Waals surface area contributed by atoms with Crippen molar-refractivity contribution >= 4 is 102 Å². The van der Waals surface area contributed by atoms with E-state index in [1.807, 2.05) is 6.07 Å². The van der Waals surface area contributed by atoms with Crippen molar-refractivity contribution in [1.82, 2.24) is 9.97 Å². The van der Waals surface area contributed by atoms with Gasteiger partial charge in [0.05, 0.1) is 53.4 Å². The van der Waals surface area contributed by atoms with Crippen LogP contribution in [0.2, 0.25) is 15.7 Å². The SMILES string of the molecule is [B]C1=C([B])C([B])([B])C(c2sc3c(NCc4ccco4)nc(Cl)nc3c2Br)CC1([B])[B]. The number of anilines is 1. The monoisotopic (exact) mass is 483 g/mol. The molecule has 3 aromatic rings. The number of halogens is 2. The molecular weight excluding hydrogens is 475 g/mol. The lowest BCUT2D eigenvalue weighted by molar-refractivity contribution is 0.518. The van der Waals surface area contributed by atoms with Crippen molar-refractivity contribution in [2.75, 3.05) is 5.32 Å². The molecule has 1 N–H and O–H groups in total. The molecule has 1 aliphatic rings. The van der Waals surface area contributed by atoms with E-state index >= 15 is 0 Å². The molecule has 0 aromatic carbocycles. The highest BCUT2D eigenvalue weighted by Gasteiger charge is 2.42. The maximum absolute atomic E-state index is 6.39. The molecule has 0 spiro atoms. The average molecular weight is 484 g/mol. The molecule has 1 atom stereocenters. The summed E-state index contributed by atoms with van der Waals surface area (Å²) in [5.74, 6) is 0.766. The van der Waals surface area contributed by atoms with Gasteiger partial charge in [-0.05, 0) is 45.6 Å². The fraction of sp³-hybridized carbons (Fsp3) is 0.294. The van der Waals surface area contributed by atoms with Crippen LogP contribution in [0.3, 0.4) is 0 Å². The Morgan fingerprint density at radius 2 is 1.97 bits per heavy atom. The number of thiophene rings is 1. The summed E-state index contributed by atoms with van der Waals surface area (Å²) in [5.41, 5.74) is 0.756. The number of allylic oxidation sites excluding steroid dienone is 2. The molecule has 0 bridgehead atoms. The Kier molecular flexibility index (Phi) is 5.82. The van der Waals surface area contributed by atoms with Crippen LogP contribution < -0.4 is 5.32 Å². The zero-order valence-corrected chi connectivity index (χ0v) is 18.8. The first kappa shape index (κ1) is 22.2. The second-order valence-corrected chi connectivity index (χ2v) is 9.47. The number of nitrogens with zero attached hydrogens (tertiary/aromatic N) is 2. The molecule has 4 rings (SSSR count). The maximum atomic E-state index is 6.39. The van der Waals surface area contributed by atoms with Gasteiger partial charge in [0, 0.05) is 4.88 Å². The summed E-state index contributed by atoms with van der Waals surface area (Å²) < 4.78 is 6.78. The molecule has 0 aliphatic heterocycles. The number of rotatable bonds is 4. The fourth-order valence-electron chi connectivity index (χ4n) is 3.47. The van der Waals surface area contributed by atoms with Gasteiger partial charge in [-0.1, -0.05) is 16.8 Å².